The van der Waals surface area contributed by atoms with Gasteiger partial charge in [-0.05, 0) is 12.5 Å². The van der Waals surface area contributed by atoms with E-state index in [-0.39, 0.29) is 51.1 Å². The number of unbranched alkanes of at least 4 members (excludes halogenated alkanes) is 10. The van der Waals surface area contributed by atoms with E-state index in [4.69, 9.17) is 15.1 Å². The Morgan fingerprint density at radius 2 is 1.35 bits per heavy atom. The number of Topliss-reactive ketones (excluding diaryl/α,β-unsaturated/α-hetero) is 1. The summed E-state index contributed by atoms with van der Waals surface area (Å²) in [6, 6.07) is 12.8. The number of anilines is 1. The summed E-state index contributed by atoms with van der Waals surface area (Å²) < 4.78 is 72.1. The van der Waals surface area contributed by atoms with Crippen LogP contribution in [0.25, 0.3) is 33.3 Å². The van der Waals surface area contributed by atoms with Crippen LogP contribution in [-0.4, -0.2) is 85.1 Å². The number of carbonyl (C=O) groups excluding carboxylic acids is 4. The molecule has 340 valence electrons. The molecule has 62 heavy (non-hydrogen) atoms. The molecule has 0 saturated carbocycles. The minimum absolute atomic E-state index is 0.0365. The zero-order valence-corrected chi connectivity index (χ0v) is 37.4. The molecule has 0 radical (unpaired) electrons. The lowest BCUT2D eigenvalue weighted by molar-refractivity contribution is -0.131. The second-order valence-corrected chi connectivity index (χ2v) is 19.2. The fraction of sp³-hybridized carbons (Fsp3) is 0.545. The molecule has 2 aliphatic rings. The van der Waals surface area contributed by atoms with Crippen molar-refractivity contribution in [1.29, 1.82) is 0 Å². The van der Waals surface area contributed by atoms with Gasteiger partial charge >= 0.3 is 0 Å². The topological polar surface area (TPSA) is 256 Å². The van der Waals surface area contributed by atoms with E-state index >= 15 is 0 Å². The molecule has 0 spiro atoms. The summed E-state index contributed by atoms with van der Waals surface area (Å²) in [5, 5.41) is 7.43. The zero-order chi connectivity index (χ0) is 45.3. The lowest BCUT2D eigenvalue weighted by atomic mass is 9.96. The molecule has 2 atom stereocenters. The van der Waals surface area contributed by atoms with Gasteiger partial charge in [0, 0.05) is 54.5 Å². The van der Waals surface area contributed by atoms with E-state index in [0.29, 0.717) is 50.8 Å². The van der Waals surface area contributed by atoms with Gasteiger partial charge in [0.25, 0.3) is 20.2 Å². The second kappa shape index (κ2) is 24.2. The highest BCUT2D eigenvalue weighted by atomic mass is 32.2. The maximum absolute atomic E-state index is 13.7. The van der Waals surface area contributed by atoms with Crippen molar-refractivity contribution in [3.8, 4) is 11.5 Å². The van der Waals surface area contributed by atoms with Gasteiger partial charge in [0.15, 0.2) is 17.1 Å². The van der Waals surface area contributed by atoms with Gasteiger partial charge in [-0.15, -0.1) is 0 Å². The summed E-state index contributed by atoms with van der Waals surface area (Å²) in [7, 11) is -8.48. The van der Waals surface area contributed by atoms with Crippen molar-refractivity contribution in [3.63, 3.8) is 0 Å². The van der Waals surface area contributed by atoms with Crippen molar-refractivity contribution in [1.82, 2.24) is 14.9 Å². The molecule has 1 aliphatic carbocycles. The second-order valence-electron chi connectivity index (χ2n) is 16.1. The lowest BCUT2D eigenvalue weighted by Gasteiger charge is -2.19. The standard InChI is InChI=1S/C44H61N5O11S2/c1-3-4-5-6-7-8-9-10-11-12-13-20-42(52)46-37(30-41(45)51)38(50)27-31(2)44(53)48-36-29-40-43(34-19-15-14-18-33(34)36)47-35-22-21-32(28-39(35)60-40)49(23-16-25-61(54,55)56)24-17-26-62(57,58)59/h14-15,18-19,21-22,28-29,31,37H,3-13,16-17,20,23-27,30H2,1-2H3,(H5,45,46,51,52,54,55,56,57,58,59)/p+1/t31-,37-/m0/s1. The van der Waals surface area contributed by atoms with Gasteiger partial charge in [-0.3, -0.25) is 28.3 Å². The molecular formula is C44H62N5O11S2+. The number of hydrogen-bond acceptors (Lipinski definition) is 10. The van der Waals surface area contributed by atoms with Gasteiger partial charge in [-0.25, -0.2) is 9.56 Å². The number of ketones is 1. The minimum atomic E-state index is -4.24. The Balaban J connectivity index is 1.47. The maximum Gasteiger partial charge on any atom is 0.265 e. The Morgan fingerprint density at radius 1 is 0.774 bits per heavy atom. The highest BCUT2D eigenvalue weighted by Crippen LogP contribution is 2.34. The fourth-order valence-electron chi connectivity index (χ4n) is 7.44. The molecular weight excluding hydrogens is 839 g/mol. The molecule has 0 saturated heterocycles. The van der Waals surface area contributed by atoms with Gasteiger partial charge in [0.05, 0.1) is 35.7 Å². The molecule has 1 heterocycles. The summed E-state index contributed by atoms with van der Waals surface area (Å²) >= 11 is 0. The third-order valence-corrected chi connectivity index (χ3v) is 12.4. The summed E-state index contributed by atoms with van der Waals surface area (Å²) in [4.78, 5) is 56.6. The van der Waals surface area contributed by atoms with Gasteiger partial charge in [0.2, 0.25) is 23.1 Å². The van der Waals surface area contributed by atoms with E-state index in [1.54, 1.807) is 47.9 Å². The van der Waals surface area contributed by atoms with Crippen LogP contribution in [0, 0.1) is 5.92 Å². The third kappa shape index (κ3) is 16.8. The van der Waals surface area contributed by atoms with E-state index in [9.17, 15) is 45.1 Å². The van der Waals surface area contributed by atoms with E-state index in [1.807, 2.05) is 12.1 Å². The largest absolute Gasteiger partial charge is 0.452 e. The van der Waals surface area contributed by atoms with Crippen LogP contribution < -0.4 is 26.3 Å². The number of aromatic nitrogens is 1. The van der Waals surface area contributed by atoms with Crippen LogP contribution in [0.3, 0.4) is 0 Å². The normalized spacial score (nSPS) is 13.0. The number of primary amides is 1. The van der Waals surface area contributed by atoms with E-state index in [2.05, 4.69) is 17.6 Å². The summed E-state index contributed by atoms with van der Waals surface area (Å²) in [5.74, 6) is -3.64. The SMILES string of the molecule is CCCCCCCCCCCCCC(=O)N[C@@H](CC(N)=O)C(=O)C[C@H](C)C(=O)Nc1cc2oc3cc(=[N+](CCCS(=O)(=O)O)CCCS(=O)(=O)O)ccc-3nc2c2ccccc12. The van der Waals surface area contributed by atoms with Crippen LogP contribution in [0.5, 0.6) is 0 Å². The van der Waals surface area contributed by atoms with Crippen LogP contribution in [0.1, 0.15) is 117 Å². The average molecular weight is 901 g/mol. The number of hydrogen-bond donors (Lipinski definition) is 5. The van der Waals surface area contributed by atoms with Crippen molar-refractivity contribution in [2.75, 3.05) is 29.9 Å². The molecule has 0 bridgehead atoms. The van der Waals surface area contributed by atoms with Crippen molar-refractivity contribution in [3.05, 3.63) is 53.9 Å². The highest BCUT2D eigenvalue weighted by molar-refractivity contribution is 7.86. The van der Waals surface area contributed by atoms with E-state index in [0.717, 1.165) is 19.3 Å². The lowest BCUT2D eigenvalue weighted by Crippen LogP contribution is -2.44. The number of rotatable bonds is 28. The van der Waals surface area contributed by atoms with Crippen molar-refractivity contribution < 1.29 is 49.5 Å². The summed E-state index contributed by atoms with van der Waals surface area (Å²) in [5.41, 5.74) is 7.10. The number of nitrogens with two attached hydrogens (primary N) is 1. The Morgan fingerprint density at radius 3 is 1.94 bits per heavy atom. The molecule has 3 amide bonds. The molecule has 2 aromatic rings. The smallest absolute Gasteiger partial charge is 0.265 e. The molecule has 4 rings (SSSR count). The zero-order valence-electron chi connectivity index (χ0n) is 35.8. The minimum Gasteiger partial charge on any atom is -0.452 e. The summed E-state index contributed by atoms with van der Waals surface area (Å²) in [6.07, 6.45) is 12.1. The molecule has 0 aromatic heterocycles. The molecule has 0 unspecified atom stereocenters. The highest BCUT2D eigenvalue weighted by Gasteiger charge is 2.27. The molecule has 2 aromatic carbocycles. The van der Waals surface area contributed by atoms with Gasteiger partial charge in [-0.1, -0.05) is 102 Å². The number of benzene rings is 3. The average Bonchev–Trinajstić information content (AvgIpc) is 3.20. The monoisotopic (exact) mass is 900 g/mol. The predicted octanol–water partition coefficient (Wildman–Crippen LogP) is 6.01. The fourth-order valence-corrected chi connectivity index (χ4v) is 8.43. The first-order valence-corrected chi connectivity index (χ1v) is 24.8. The van der Waals surface area contributed by atoms with Crippen LogP contribution in [0.2, 0.25) is 0 Å². The van der Waals surface area contributed by atoms with Crippen LogP contribution in [0.15, 0.2) is 52.9 Å². The van der Waals surface area contributed by atoms with E-state index in [1.165, 1.54) is 44.9 Å². The van der Waals surface area contributed by atoms with Crippen molar-refractivity contribution >= 4 is 71.3 Å². The number of nitrogens with one attached hydrogen (secondary N) is 2. The van der Waals surface area contributed by atoms with Gasteiger partial charge in [0.1, 0.15) is 24.3 Å². The quantitative estimate of drug-likeness (QED) is 0.0144. The number of fused-ring (bicyclic) bond motifs is 4. The first-order valence-electron chi connectivity index (χ1n) is 21.6. The Bertz CT molecular complexity index is 2390. The maximum atomic E-state index is 13.7. The Hall–Kier alpha value is -4.78. The van der Waals surface area contributed by atoms with Gasteiger partial charge in [-0.2, -0.15) is 16.8 Å². The number of nitrogens with zero attached hydrogens (tertiary/aromatic N) is 2. The third-order valence-electron chi connectivity index (χ3n) is 10.8. The first kappa shape index (κ1) is 49.9. The predicted molar refractivity (Wildman–Crippen MR) is 239 cm³/mol. The first-order chi connectivity index (χ1) is 29.4. The number of amides is 3. The molecule has 16 nitrogen and oxygen atoms in total. The molecule has 0 fully saturated rings. The number of carbonyl (C=O) groups is 4. The summed E-state index contributed by atoms with van der Waals surface area (Å²) in [6.45, 7) is 4.05. The molecule has 6 N–H and O–H groups in total. The van der Waals surface area contributed by atoms with Crippen molar-refractivity contribution in [2.45, 2.75) is 123 Å². The van der Waals surface area contributed by atoms with Crippen LogP contribution >= 0.6 is 0 Å². The molecule has 1 aliphatic heterocycles. The van der Waals surface area contributed by atoms with E-state index < -0.39 is 61.3 Å². The Kier molecular flexibility index (Phi) is 19.4. The van der Waals surface area contributed by atoms with Crippen LogP contribution in [0.4, 0.5) is 5.69 Å². The van der Waals surface area contributed by atoms with Crippen LogP contribution in [-0.2, 0) is 39.4 Å². The van der Waals surface area contributed by atoms with Crippen molar-refractivity contribution in [2.24, 2.45) is 11.7 Å². The van der Waals surface area contributed by atoms with Gasteiger partial charge < -0.3 is 20.8 Å². The Labute approximate surface area is 364 Å². The molecule has 18 heteroatoms.